The van der Waals surface area contributed by atoms with Crippen molar-refractivity contribution >= 4 is 5.91 Å². The molecule has 0 saturated carbocycles. The molecule has 15 heavy (non-hydrogen) atoms. The van der Waals surface area contributed by atoms with E-state index in [1.807, 2.05) is 0 Å². The third kappa shape index (κ3) is 4.19. The molecule has 3 nitrogen and oxygen atoms in total. The van der Waals surface area contributed by atoms with Crippen LogP contribution in [0.1, 0.15) is 20.8 Å². The van der Waals surface area contributed by atoms with Gasteiger partial charge in [-0.05, 0) is 20.8 Å². The summed E-state index contributed by atoms with van der Waals surface area (Å²) in [4.78, 5) is 12.1. The third-order valence-electron chi connectivity index (χ3n) is 1.85. The summed E-state index contributed by atoms with van der Waals surface area (Å²) < 4.78 is 36.2. The molecule has 0 aromatic rings. The molecule has 0 aliphatic rings. The quantitative estimate of drug-likeness (QED) is 0.732. The molecule has 0 aromatic carbocycles. The van der Waals surface area contributed by atoms with Crippen molar-refractivity contribution in [3.63, 3.8) is 0 Å². The van der Waals surface area contributed by atoms with E-state index in [9.17, 15) is 18.0 Å². The first kappa shape index (κ1) is 13.8. The number of hydrogen-bond donors (Lipinski definition) is 0. The lowest BCUT2D eigenvalue weighted by atomic mass is 9.94. The molecule has 0 N–H and O–H groups in total. The molecule has 0 aromatic heterocycles. The van der Waals surface area contributed by atoms with Crippen LogP contribution < -0.4 is 0 Å². The highest BCUT2D eigenvalue weighted by atomic mass is 19.4. The fraction of sp³-hybridized carbons (Fsp3) is 0.778. The average molecular weight is 222 g/mol. The van der Waals surface area contributed by atoms with Crippen molar-refractivity contribution < 1.29 is 18.0 Å². The summed E-state index contributed by atoms with van der Waals surface area (Å²) in [5.41, 5.74) is -1.42. The molecule has 1 amide bonds. The second-order valence-electron chi connectivity index (χ2n) is 3.67. The van der Waals surface area contributed by atoms with Crippen molar-refractivity contribution in [1.82, 2.24) is 4.90 Å². The van der Waals surface area contributed by atoms with Gasteiger partial charge in [-0.15, -0.1) is 0 Å². The van der Waals surface area contributed by atoms with E-state index >= 15 is 0 Å². The summed E-state index contributed by atoms with van der Waals surface area (Å²) in [5, 5.41) is 8.63. The van der Waals surface area contributed by atoms with Crippen LogP contribution in [0.3, 0.4) is 0 Å². The Labute approximate surface area is 86.5 Å². The first-order valence-corrected chi connectivity index (χ1v) is 4.41. The maximum absolute atomic E-state index is 12.1. The molecule has 0 spiro atoms. The van der Waals surface area contributed by atoms with Crippen molar-refractivity contribution in [2.24, 2.45) is 5.41 Å². The summed E-state index contributed by atoms with van der Waals surface area (Å²) in [5.74, 6) is -0.801. The predicted molar refractivity (Wildman–Crippen MR) is 47.7 cm³/mol. The summed E-state index contributed by atoms with van der Waals surface area (Å²) in [6.07, 6.45) is -4.43. The SMILES string of the molecule is CCN(CC(F)(F)F)C(=O)C(C)(C)C#N. The molecule has 0 atom stereocenters. The van der Waals surface area contributed by atoms with Crippen molar-refractivity contribution in [1.29, 1.82) is 5.26 Å². The van der Waals surface area contributed by atoms with Gasteiger partial charge in [0.2, 0.25) is 5.91 Å². The molecule has 0 radical (unpaired) electrons. The molecule has 0 saturated heterocycles. The van der Waals surface area contributed by atoms with Gasteiger partial charge < -0.3 is 4.90 Å². The molecule has 0 aliphatic heterocycles. The molecule has 0 unspecified atom stereocenters. The van der Waals surface area contributed by atoms with E-state index in [-0.39, 0.29) is 6.54 Å². The fourth-order valence-corrected chi connectivity index (χ4v) is 0.987. The highest BCUT2D eigenvalue weighted by Crippen LogP contribution is 2.22. The lowest BCUT2D eigenvalue weighted by molar-refractivity contribution is -0.164. The molecule has 0 aliphatic carbocycles. The Kier molecular flexibility index (Phi) is 4.14. The Morgan fingerprint density at radius 1 is 1.40 bits per heavy atom. The van der Waals surface area contributed by atoms with Crippen molar-refractivity contribution in [3.8, 4) is 6.07 Å². The van der Waals surface area contributed by atoms with Crippen LogP contribution in [0.4, 0.5) is 13.2 Å². The van der Waals surface area contributed by atoms with Crippen LogP contribution in [0.15, 0.2) is 0 Å². The number of carbonyl (C=O) groups excluding carboxylic acids is 1. The van der Waals surface area contributed by atoms with Crippen molar-refractivity contribution in [2.45, 2.75) is 26.9 Å². The monoisotopic (exact) mass is 222 g/mol. The Balaban J connectivity index is 4.72. The second-order valence-corrected chi connectivity index (χ2v) is 3.67. The number of amides is 1. The normalized spacial score (nSPS) is 12.1. The van der Waals surface area contributed by atoms with Crippen molar-refractivity contribution in [3.05, 3.63) is 0 Å². The van der Waals surface area contributed by atoms with E-state index in [1.165, 1.54) is 20.8 Å². The molecule has 86 valence electrons. The Morgan fingerprint density at radius 3 is 2.13 bits per heavy atom. The summed E-state index contributed by atoms with van der Waals surface area (Å²) in [7, 11) is 0. The van der Waals surface area contributed by atoms with Gasteiger partial charge >= 0.3 is 6.18 Å². The molecule has 0 bridgehead atoms. The zero-order chi connectivity index (χ0) is 12.3. The van der Waals surface area contributed by atoms with E-state index in [1.54, 1.807) is 6.07 Å². The van der Waals surface area contributed by atoms with E-state index in [4.69, 9.17) is 5.26 Å². The predicted octanol–water partition coefficient (Wildman–Crippen LogP) is 1.95. The number of nitrogens with zero attached hydrogens (tertiary/aromatic N) is 2. The van der Waals surface area contributed by atoms with Gasteiger partial charge in [-0.2, -0.15) is 18.4 Å². The minimum atomic E-state index is -4.43. The highest BCUT2D eigenvalue weighted by Gasteiger charge is 2.37. The molecular formula is C9H13F3N2O. The molecule has 0 rings (SSSR count). The summed E-state index contributed by atoms with van der Waals surface area (Å²) in [6.45, 7) is 2.66. The van der Waals surface area contributed by atoms with Crippen molar-refractivity contribution in [2.75, 3.05) is 13.1 Å². The van der Waals surface area contributed by atoms with Gasteiger partial charge in [-0.25, -0.2) is 0 Å². The van der Waals surface area contributed by atoms with Crippen LogP contribution in [0.25, 0.3) is 0 Å². The van der Waals surface area contributed by atoms with E-state index in [0.717, 1.165) is 0 Å². The van der Waals surface area contributed by atoms with E-state index in [2.05, 4.69) is 0 Å². The minimum absolute atomic E-state index is 0.0660. The highest BCUT2D eigenvalue weighted by molar-refractivity contribution is 5.84. The van der Waals surface area contributed by atoms with E-state index in [0.29, 0.717) is 4.90 Å². The maximum Gasteiger partial charge on any atom is 0.406 e. The number of hydrogen-bond acceptors (Lipinski definition) is 2. The lowest BCUT2D eigenvalue weighted by Gasteiger charge is -2.27. The van der Waals surface area contributed by atoms with Crippen LogP contribution in [0.5, 0.6) is 0 Å². The average Bonchev–Trinajstić information content (AvgIpc) is 2.11. The van der Waals surface area contributed by atoms with Gasteiger partial charge in [-0.1, -0.05) is 0 Å². The Bertz CT molecular complexity index is 278. The van der Waals surface area contributed by atoms with Gasteiger partial charge in [-0.3, -0.25) is 4.79 Å². The third-order valence-corrected chi connectivity index (χ3v) is 1.85. The number of nitriles is 1. The lowest BCUT2D eigenvalue weighted by Crippen LogP contribution is -2.44. The summed E-state index contributed by atoms with van der Waals surface area (Å²) in [6, 6.07) is 1.68. The summed E-state index contributed by atoms with van der Waals surface area (Å²) >= 11 is 0. The first-order chi connectivity index (χ1) is 6.64. The molecule has 0 heterocycles. The number of halogens is 3. The van der Waals surface area contributed by atoms with Crippen LogP contribution in [0, 0.1) is 16.7 Å². The largest absolute Gasteiger partial charge is 0.406 e. The first-order valence-electron chi connectivity index (χ1n) is 4.41. The second kappa shape index (κ2) is 4.51. The Morgan fingerprint density at radius 2 is 1.87 bits per heavy atom. The zero-order valence-corrected chi connectivity index (χ0v) is 8.85. The zero-order valence-electron chi connectivity index (χ0n) is 8.85. The van der Waals surface area contributed by atoms with Crippen LogP contribution in [0.2, 0.25) is 0 Å². The minimum Gasteiger partial charge on any atom is -0.333 e. The maximum atomic E-state index is 12.1. The van der Waals surface area contributed by atoms with Crippen LogP contribution in [-0.2, 0) is 4.79 Å². The number of carbonyl (C=O) groups is 1. The Hall–Kier alpha value is -1.25. The smallest absolute Gasteiger partial charge is 0.333 e. The molecule has 6 heteroatoms. The fourth-order valence-electron chi connectivity index (χ4n) is 0.987. The van der Waals surface area contributed by atoms with Gasteiger partial charge in [0.05, 0.1) is 6.07 Å². The van der Waals surface area contributed by atoms with Crippen LogP contribution >= 0.6 is 0 Å². The van der Waals surface area contributed by atoms with Gasteiger partial charge in [0.1, 0.15) is 12.0 Å². The van der Waals surface area contributed by atoms with Gasteiger partial charge in [0.15, 0.2) is 0 Å². The van der Waals surface area contributed by atoms with Gasteiger partial charge in [0.25, 0.3) is 0 Å². The molecular weight excluding hydrogens is 209 g/mol. The van der Waals surface area contributed by atoms with Gasteiger partial charge in [0, 0.05) is 6.54 Å². The van der Waals surface area contributed by atoms with E-state index < -0.39 is 24.0 Å². The number of rotatable bonds is 3. The standard InChI is InChI=1S/C9H13F3N2O/c1-4-14(6-9(10,11)12)7(15)8(2,3)5-13/h4,6H2,1-3H3. The molecule has 0 fully saturated rings. The van der Waals surface area contributed by atoms with Crippen LogP contribution in [-0.4, -0.2) is 30.1 Å². The number of alkyl halides is 3. The topological polar surface area (TPSA) is 44.1 Å².